The van der Waals surface area contributed by atoms with E-state index in [1.165, 1.54) is 0 Å². The van der Waals surface area contributed by atoms with Crippen LogP contribution in [0.2, 0.25) is 0 Å². The molecule has 1 aromatic rings. The highest BCUT2D eigenvalue weighted by Crippen LogP contribution is 2.24. The van der Waals surface area contributed by atoms with Crippen LogP contribution in [0.4, 0.5) is 5.82 Å². The number of hydrogen-bond acceptors (Lipinski definition) is 3. The number of rotatable bonds is 2. The van der Waals surface area contributed by atoms with E-state index >= 15 is 0 Å². The van der Waals surface area contributed by atoms with Gasteiger partial charge in [0, 0.05) is 25.7 Å². The van der Waals surface area contributed by atoms with Gasteiger partial charge in [-0.25, -0.2) is 0 Å². The fourth-order valence-electron chi connectivity index (χ4n) is 2.10. The van der Waals surface area contributed by atoms with Crippen molar-refractivity contribution >= 4 is 5.82 Å². The molecule has 0 atom stereocenters. The molecule has 0 saturated carbocycles. The Kier molecular flexibility index (Phi) is 2.77. The summed E-state index contributed by atoms with van der Waals surface area (Å²) in [6.07, 6.45) is 5.42. The van der Waals surface area contributed by atoms with Crippen molar-refractivity contribution in [1.29, 1.82) is 0 Å². The Hall–Kier alpha value is -1.29. The van der Waals surface area contributed by atoms with Gasteiger partial charge < -0.3 is 10.0 Å². The van der Waals surface area contributed by atoms with E-state index in [0.717, 1.165) is 36.6 Å². The second-order valence-corrected chi connectivity index (χ2v) is 3.88. The lowest BCUT2D eigenvalue weighted by atomic mass is 10.2. The number of aryl methyl sites for hydroxylation is 2. The third-order valence-corrected chi connectivity index (χ3v) is 2.83. The van der Waals surface area contributed by atoms with Gasteiger partial charge in [0.15, 0.2) is 0 Å². The van der Waals surface area contributed by atoms with Crippen LogP contribution in [0.5, 0.6) is 0 Å². The monoisotopic (exact) mass is 207 g/mol. The lowest BCUT2D eigenvalue weighted by molar-refractivity contribution is 0.281. The molecule has 2 heterocycles. The lowest BCUT2D eigenvalue weighted by Gasteiger charge is -2.26. The van der Waals surface area contributed by atoms with E-state index in [-0.39, 0.29) is 6.61 Å². The minimum absolute atomic E-state index is 0.0647. The van der Waals surface area contributed by atoms with Crippen molar-refractivity contribution in [3.8, 4) is 0 Å². The van der Waals surface area contributed by atoms with Crippen molar-refractivity contribution in [1.82, 2.24) is 9.78 Å². The molecule has 1 aromatic heterocycles. The van der Waals surface area contributed by atoms with Gasteiger partial charge in [-0.1, -0.05) is 12.2 Å². The molecule has 0 fully saturated rings. The van der Waals surface area contributed by atoms with E-state index in [2.05, 4.69) is 22.2 Å². The molecule has 2 rings (SSSR count). The van der Waals surface area contributed by atoms with Crippen LogP contribution in [-0.2, 0) is 13.7 Å². The second kappa shape index (κ2) is 4.06. The highest BCUT2D eigenvalue weighted by atomic mass is 16.3. The molecule has 0 saturated heterocycles. The fraction of sp³-hybridized carbons (Fsp3) is 0.545. The van der Waals surface area contributed by atoms with E-state index in [4.69, 9.17) is 0 Å². The average Bonchev–Trinajstić information content (AvgIpc) is 2.54. The van der Waals surface area contributed by atoms with Gasteiger partial charge in [-0.3, -0.25) is 4.68 Å². The summed E-state index contributed by atoms with van der Waals surface area (Å²) >= 11 is 0. The first-order valence-electron chi connectivity index (χ1n) is 5.27. The van der Waals surface area contributed by atoms with Crippen molar-refractivity contribution in [2.45, 2.75) is 20.0 Å². The Labute approximate surface area is 89.8 Å². The molecule has 0 amide bonds. The quantitative estimate of drug-likeness (QED) is 0.735. The SMILES string of the molecule is Cc1nn(C)c(N2CC=CCC2)c1CO. The molecule has 82 valence electrons. The zero-order valence-corrected chi connectivity index (χ0v) is 9.27. The maximum atomic E-state index is 9.35. The molecule has 1 aliphatic heterocycles. The summed E-state index contributed by atoms with van der Waals surface area (Å²) in [5.74, 6) is 1.05. The first-order valence-corrected chi connectivity index (χ1v) is 5.27. The summed E-state index contributed by atoms with van der Waals surface area (Å²) in [7, 11) is 1.93. The smallest absolute Gasteiger partial charge is 0.132 e. The second-order valence-electron chi connectivity index (χ2n) is 3.88. The molecule has 0 spiro atoms. The highest BCUT2D eigenvalue weighted by Gasteiger charge is 2.18. The van der Waals surface area contributed by atoms with Crippen molar-refractivity contribution in [3.05, 3.63) is 23.4 Å². The fourth-order valence-corrected chi connectivity index (χ4v) is 2.10. The average molecular weight is 207 g/mol. The predicted octanol–water partition coefficient (Wildman–Crippen LogP) is 0.987. The van der Waals surface area contributed by atoms with E-state index < -0.39 is 0 Å². The minimum Gasteiger partial charge on any atom is -0.391 e. The molecular weight excluding hydrogens is 190 g/mol. The Morgan fingerprint density at radius 3 is 2.87 bits per heavy atom. The molecule has 0 bridgehead atoms. The lowest BCUT2D eigenvalue weighted by Crippen LogP contribution is -2.29. The number of hydrogen-bond donors (Lipinski definition) is 1. The molecule has 4 heteroatoms. The standard InChI is InChI=1S/C11H17N3O/c1-9-10(8-15)11(13(2)12-9)14-6-4-3-5-7-14/h3-4,15H,5-8H2,1-2H3. The van der Waals surface area contributed by atoms with E-state index in [9.17, 15) is 5.11 Å². The van der Waals surface area contributed by atoms with Crippen LogP contribution in [0, 0.1) is 6.92 Å². The number of anilines is 1. The van der Waals surface area contributed by atoms with Crippen LogP contribution in [0.25, 0.3) is 0 Å². The molecule has 0 aliphatic carbocycles. The van der Waals surface area contributed by atoms with Gasteiger partial charge in [0.05, 0.1) is 12.3 Å². The van der Waals surface area contributed by atoms with Crippen LogP contribution >= 0.6 is 0 Å². The van der Waals surface area contributed by atoms with Crippen LogP contribution in [0.1, 0.15) is 17.7 Å². The first kappa shape index (κ1) is 10.2. The van der Waals surface area contributed by atoms with Gasteiger partial charge in [-0.05, 0) is 13.3 Å². The number of aliphatic hydroxyl groups excluding tert-OH is 1. The predicted molar refractivity (Wildman–Crippen MR) is 59.8 cm³/mol. The number of aliphatic hydroxyl groups is 1. The van der Waals surface area contributed by atoms with Crippen LogP contribution in [0.3, 0.4) is 0 Å². The van der Waals surface area contributed by atoms with Gasteiger partial charge in [-0.15, -0.1) is 0 Å². The molecule has 15 heavy (non-hydrogen) atoms. The van der Waals surface area contributed by atoms with E-state index in [1.54, 1.807) is 0 Å². The van der Waals surface area contributed by atoms with Crippen molar-refractivity contribution in [3.63, 3.8) is 0 Å². The van der Waals surface area contributed by atoms with Gasteiger partial charge in [-0.2, -0.15) is 5.10 Å². The normalized spacial score (nSPS) is 16.1. The Balaban J connectivity index is 2.37. The van der Waals surface area contributed by atoms with Gasteiger partial charge in [0.25, 0.3) is 0 Å². The Morgan fingerprint density at radius 2 is 2.27 bits per heavy atom. The van der Waals surface area contributed by atoms with Crippen LogP contribution in [0.15, 0.2) is 12.2 Å². The van der Waals surface area contributed by atoms with Crippen LogP contribution < -0.4 is 4.90 Å². The molecule has 0 aromatic carbocycles. The van der Waals surface area contributed by atoms with Crippen molar-refractivity contribution in [2.75, 3.05) is 18.0 Å². The first-order chi connectivity index (χ1) is 7.24. The third kappa shape index (κ3) is 1.77. The van der Waals surface area contributed by atoms with E-state index in [0.29, 0.717) is 0 Å². The Morgan fingerprint density at radius 1 is 1.47 bits per heavy atom. The Bertz CT molecular complexity index is 381. The summed E-state index contributed by atoms with van der Waals surface area (Å²) in [6, 6.07) is 0. The number of nitrogens with zero attached hydrogens (tertiary/aromatic N) is 3. The van der Waals surface area contributed by atoms with Crippen molar-refractivity contribution < 1.29 is 5.11 Å². The van der Waals surface area contributed by atoms with Gasteiger partial charge in [0.1, 0.15) is 5.82 Å². The molecule has 0 unspecified atom stereocenters. The van der Waals surface area contributed by atoms with Crippen molar-refractivity contribution in [2.24, 2.45) is 7.05 Å². The largest absolute Gasteiger partial charge is 0.391 e. The maximum absolute atomic E-state index is 9.35. The van der Waals surface area contributed by atoms with Gasteiger partial charge in [0.2, 0.25) is 0 Å². The highest BCUT2D eigenvalue weighted by molar-refractivity contribution is 5.50. The topological polar surface area (TPSA) is 41.3 Å². The maximum Gasteiger partial charge on any atom is 0.132 e. The minimum atomic E-state index is 0.0647. The molecular formula is C11H17N3O. The zero-order chi connectivity index (χ0) is 10.8. The van der Waals surface area contributed by atoms with Crippen LogP contribution in [-0.4, -0.2) is 28.0 Å². The molecule has 1 aliphatic rings. The summed E-state index contributed by atoms with van der Waals surface area (Å²) in [5.41, 5.74) is 1.87. The zero-order valence-electron chi connectivity index (χ0n) is 9.27. The summed E-state index contributed by atoms with van der Waals surface area (Å²) in [5, 5.41) is 13.7. The summed E-state index contributed by atoms with van der Waals surface area (Å²) in [6.45, 7) is 3.92. The third-order valence-electron chi connectivity index (χ3n) is 2.83. The summed E-state index contributed by atoms with van der Waals surface area (Å²) < 4.78 is 1.86. The van der Waals surface area contributed by atoms with E-state index in [1.807, 2.05) is 18.7 Å². The molecule has 4 nitrogen and oxygen atoms in total. The van der Waals surface area contributed by atoms with Gasteiger partial charge >= 0.3 is 0 Å². The molecule has 1 N–H and O–H groups in total. The number of aromatic nitrogens is 2. The summed E-state index contributed by atoms with van der Waals surface area (Å²) in [4.78, 5) is 2.26. The molecule has 0 radical (unpaired) electrons.